The van der Waals surface area contributed by atoms with Crippen LogP contribution in [0.4, 0.5) is 5.69 Å². The third kappa shape index (κ3) is 3.56. The smallest absolute Gasteiger partial charge is 0.289 e. The van der Waals surface area contributed by atoms with Crippen LogP contribution in [0.15, 0.2) is 41.6 Å². The fourth-order valence-electron chi connectivity index (χ4n) is 4.43. The first-order valence-corrected chi connectivity index (χ1v) is 11.3. The predicted molar refractivity (Wildman–Crippen MR) is 107 cm³/mol. The number of nitrogens with zero attached hydrogens (tertiary/aromatic N) is 4. The molecule has 0 amide bonds. The van der Waals surface area contributed by atoms with E-state index in [0.29, 0.717) is 12.4 Å². The highest BCUT2D eigenvalue weighted by Gasteiger charge is 2.59. The summed E-state index contributed by atoms with van der Waals surface area (Å²) in [6, 6.07) is 5.40. The molecule has 9 nitrogen and oxygen atoms in total. The fraction of sp³-hybridized carbons (Fsp3) is 0.526. The van der Waals surface area contributed by atoms with Gasteiger partial charge in [0.15, 0.2) is 4.90 Å². The van der Waals surface area contributed by atoms with Crippen LogP contribution < -0.4 is 5.32 Å². The van der Waals surface area contributed by atoms with Crippen molar-refractivity contribution in [1.29, 1.82) is 0 Å². The Morgan fingerprint density at radius 2 is 2.07 bits per heavy atom. The quantitative estimate of drug-likeness (QED) is 0.544. The monoisotopic (exact) mass is 419 g/mol. The van der Waals surface area contributed by atoms with Gasteiger partial charge in [-0.2, -0.15) is 4.31 Å². The first-order chi connectivity index (χ1) is 13.9. The van der Waals surface area contributed by atoms with Crippen molar-refractivity contribution in [2.45, 2.75) is 50.2 Å². The summed E-state index contributed by atoms with van der Waals surface area (Å²) in [5.74, 6) is 0.644. The number of hydrogen-bond donors (Lipinski definition) is 1. The van der Waals surface area contributed by atoms with Crippen molar-refractivity contribution in [3.8, 4) is 0 Å². The molecule has 1 unspecified atom stereocenters. The van der Waals surface area contributed by atoms with E-state index in [-0.39, 0.29) is 22.9 Å². The Bertz CT molecular complexity index is 1010. The summed E-state index contributed by atoms with van der Waals surface area (Å²) in [6.45, 7) is 4.47. The van der Waals surface area contributed by atoms with Crippen molar-refractivity contribution in [1.82, 2.24) is 19.2 Å². The summed E-state index contributed by atoms with van der Waals surface area (Å²) in [4.78, 5) is 14.9. The number of rotatable bonds is 7. The third-order valence-corrected chi connectivity index (χ3v) is 8.08. The number of nitro benzene ring substituents is 1. The van der Waals surface area contributed by atoms with Crippen LogP contribution in [0.1, 0.15) is 32.0 Å². The molecule has 0 radical (unpaired) electrons. The number of nitrogens with one attached hydrogen (secondary N) is 1. The van der Waals surface area contributed by atoms with Gasteiger partial charge < -0.3 is 9.88 Å². The van der Waals surface area contributed by atoms with E-state index in [0.717, 1.165) is 32.4 Å². The van der Waals surface area contributed by atoms with E-state index in [1.165, 1.54) is 28.6 Å². The van der Waals surface area contributed by atoms with Gasteiger partial charge in [-0.25, -0.2) is 13.4 Å². The normalized spacial score (nSPS) is 20.8. The van der Waals surface area contributed by atoms with Gasteiger partial charge in [-0.15, -0.1) is 0 Å². The van der Waals surface area contributed by atoms with E-state index >= 15 is 0 Å². The minimum absolute atomic E-state index is 0.0501. The Labute approximate surface area is 169 Å². The molecule has 1 saturated heterocycles. The first-order valence-electron chi connectivity index (χ1n) is 9.85. The minimum atomic E-state index is -4.07. The van der Waals surface area contributed by atoms with Gasteiger partial charge in [-0.3, -0.25) is 10.1 Å². The molecule has 1 spiro atoms. The van der Waals surface area contributed by atoms with E-state index in [2.05, 4.69) is 10.3 Å². The van der Waals surface area contributed by atoms with E-state index in [1.54, 1.807) is 6.20 Å². The van der Waals surface area contributed by atoms with Crippen molar-refractivity contribution < 1.29 is 13.3 Å². The van der Waals surface area contributed by atoms with Crippen LogP contribution in [0.2, 0.25) is 0 Å². The molecule has 1 aliphatic heterocycles. The van der Waals surface area contributed by atoms with Gasteiger partial charge in [0.05, 0.1) is 11.5 Å². The topological polar surface area (TPSA) is 110 Å². The number of para-hydroxylation sites is 1. The van der Waals surface area contributed by atoms with Gasteiger partial charge in [0.1, 0.15) is 5.82 Å². The number of aryl methyl sites for hydroxylation is 1. The zero-order valence-corrected chi connectivity index (χ0v) is 17.1. The van der Waals surface area contributed by atoms with E-state index in [4.69, 9.17) is 0 Å². The van der Waals surface area contributed by atoms with Gasteiger partial charge in [-0.05, 0) is 50.8 Å². The number of nitro groups is 1. The fourth-order valence-corrected chi connectivity index (χ4v) is 6.26. The number of benzene rings is 1. The van der Waals surface area contributed by atoms with E-state index < -0.39 is 20.6 Å². The maximum atomic E-state index is 13.7. The van der Waals surface area contributed by atoms with E-state index in [9.17, 15) is 18.5 Å². The predicted octanol–water partition coefficient (Wildman–Crippen LogP) is 2.14. The largest absolute Gasteiger partial charge is 0.334 e. The lowest BCUT2D eigenvalue weighted by atomic mass is 9.94. The highest BCUT2D eigenvalue weighted by atomic mass is 32.2. The average molecular weight is 420 g/mol. The van der Waals surface area contributed by atoms with Gasteiger partial charge >= 0.3 is 0 Å². The van der Waals surface area contributed by atoms with Crippen LogP contribution in [-0.2, 0) is 23.1 Å². The summed E-state index contributed by atoms with van der Waals surface area (Å²) in [5, 5.41) is 14.8. The summed E-state index contributed by atoms with van der Waals surface area (Å²) >= 11 is 0. The molecule has 2 fully saturated rings. The molecule has 2 aliphatic rings. The van der Waals surface area contributed by atoms with Gasteiger partial charge in [-0.1, -0.05) is 12.1 Å². The second-order valence-corrected chi connectivity index (χ2v) is 9.60. The lowest BCUT2D eigenvalue weighted by molar-refractivity contribution is -0.387. The van der Waals surface area contributed by atoms with Crippen molar-refractivity contribution in [2.75, 3.05) is 13.1 Å². The maximum absolute atomic E-state index is 13.7. The SMILES string of the molecule is CCn1ccnc1CN(C1CC12CCNCC2)S(=O)(=O)c1ccccc1[N+](=O)[O-]. The number of piperidine rings is 1. The zero-order valence-electron chi connectivity index (χ0n) is 16.3. The van der Waals surface area contributed by atoms with E-state index in [1.807, 2.05) is 17.7 Å². The van der Waals surface area contributed by atoms with Crippen LogP contribution in [0.3, 0.4) is 0 Å². The lowest BCUT2D eigenvalue weighted by Gasteiger charge is -2.29. The molecule has 2 aromatic rings. The molecule has 0 bridgehead atoms. The Morgan fingerprint density at radius 1 is 1.34 bits per heavy atom. The number of sulfonamides is 1. The molecule has 1 aliphatic carbocycles. The molecule has 1 saturated carbocycles. The van der Waals surface area contributed by atoms with Crippen LogP contribution in [0, 0.1) is 15.5 Å². The summed E-state index contributed by atoms with van der Waals surface area (Å²) in [6.07, 6.45) is 6.06. The maximum Gasteiger partial charge on any atom is 0.289 e. The molecule has 1 atom stereocenters. The number of imidazole rings is 1. The number of aromatic nitrogens is 2. The molecule has 156 valence electrons. The molecule has 1 N–H and O–H groups in total. The van der Waals surface area contributed by atoms with Gasteiger partial charge in [0, 0.05) is 31.0 Å². The van der Waals surface area contributed by atoms with Crippen molar-refractivity contribution in [3.63, 3.8) is 0 Å². The van der Waals surface area contributed by atoms with Gasteiger partial charge in [0.25, 0.3) is 15.7 Å². The summed E-state index contributed by atoms with van der Waals surface area (Å²) in [7, 11) is -4.07. The molecule has 1 aromatic heterocycles. The first kappa shape index (κ1) is 20.0. The Kier molecular flexibility index (Phi) is 5.18. The molecule has 10 heteroatoms. The molecule has 29 heavy (non-hydrogen) atoms. The highest BCUT2D eigenvalue weighted by Crippen LogP contribution is 2.57. The van der Waals surface area contributed by atoms with Crippen LogP contribution >= 0.6 is 0 Å². The Morgan fingerprint density at radius 3 is 2.76 bits per heavy atom. The Hall–Kier alpha value is -2.30. The van der Waals surface area contributed by atoms with Crippen LogP contribution in [-0.4, -0.2) is 46.3 Å². The second kappa shape index (κ2) is 7.51. The van der Waals surface area contributed by atoms with Crippen molar-refractivity contribution >= 4 is 15.7 Å². The molecular formula is C19H25N5O4S. The number of hydrogen-bond acceptors (Lipinski definition) is 6. The molecule has 1 aromatic carbocycles. The second-order valence-electron chi connectivity index (χ2n) is 7.74. The highest BCUT2D eigenvalue weighted by molar-refractivity contribution is 7.89. The standard InChI is InChI=1S/C19H25N5O4S/c1-2-22-12-11-21-18(22)14-23(17-13-19(17)7-9-20-10-8-19)29(27,28)16-6-4-3-5-15(16)24(25)26/h3-6,11-12,17,20H,2,7-10,13-14H2,1H3. The molecule has 2 heterocycles. The Balaban J connectivity index is 1.75. The van der Waals surface area contributed by atoms with Crippen molar-refractivity contribution in [3.05, 3.63) is 52.6 Å². The third-order valence-electron chi connectivity index (χ3n) is 6.18. The summed E-state index contributed by atoms with van der Waals surface area (Å²) in [5.41, 5.74) is -0.442. The average Bonchev–Trinajstić information content (AvgIpc) is 3.19. The van der Waals surface area contributed by atoms with Crippen LogP contribution in [0.5, 0.6) is 0 Å². The van der Waals surface area contributed by atoms with Gasteiger partial charge in [0.2, 0.25) is 0 Å². The van der Waals surface area contributed by atoms with Crippen molar-refractivity contribution in [2.24, 2.45) is 5.41 Å². The van der Waals surface area contributed by atoms with Crippen LogP contribution in [0.25, 0.3) is 0 Å². The summed E-state index contributed by atoms with van der Waals surface area (Å²) < 4.78 is 30.7. The minimum Gasteiger partial charge on any atom is -0.334 e. The zero-order chi connectivity index (χ0) is 20.6. The molecule has 4 rings (SSSR count). The lowest BCUT2D eigenvalue weighted by Crippen LogP contribution is -2.39. The molecular weight excluding hydrogens is 394 g/mol.